The molecule has 0 aliphatic rings. The van der Waals surface area contributed by atoms with E-state index in [1.54, 1.807) is 41.2 Å². The second-order valence-electron chi connectivity index (χ2n) is 5.10. The number of aromatic nitrogens is 2. The maximum Gasteiger partial charge on any atom is 0.338 e. The van der Waals surface area contributed by atoms with Crippen molar-refractivity contribution in [2.45, 2.75) is 0 Å². The number of benzene rings is 2. The number of rotatable bonds is 5. The molecule has 7 heteroatoms. The van der Waals surface area contributed by atoms with E-state index in [2.05, 4.69) is 33.0 Å². The summed E-state index contributed by atoms with van der Waals surface area (Å²) >= 11 is 2.12. The van der Waals surface area contributed by atoms with Crippen LogP contribution < -0.4 is 5.32 Å². The van der Waals surface area contributed by atoms with Gasteiger partial charge >= 0.3 is 5.97 Å². The first-order chi connectivity index (χ1) is 12.1. The Balaban J connectivity index is 1.55. The molecular formula is C18H14IN3O3. The van der Waals surface area contributed by atoms with Gasteiger partial charge in [0.05, 0.1) is 16.9 Å². The number of nitrogens with one attached hydrogen (secondary N) is 1. The smallest absolute Gasteiger partial charge is 0.338 e. The van der Waals surface area contributed by atoms with Crippen molar-refractivity contribution in [3.63, 3.8) is 0 Å². The number of esters is 1. The molecule has 126 valence electrons. The zero-order valence-electron chi connectivity index (χ0n) is 13.1. The number of carbonyl (C=O) groups is 2. The lowest BCUT2D eigenvalue weighted by molar-refractivity contribution is -0.119. The summed E-state index contributed by atoms with van der Waals surface area (Å²) in [7, 11) is 0. The van der Waals surface area contributed by atoms with Crippen molar-refractivity contribution < 1.29 is 14.3 Å². The summed E-state index contributed by atoms with van der Waals surface area (Å²) in [4.78, 5) is 23.9. The van der Waals surface area contributed by atoms with Gasteiger partial charge in [0.25, 0.3) is 5.91 Å². The lowest BCUT2D eigenvalue weighted by Gasteiger charge is -2.08. The Hall–Kier alpha value is -2.68. The number of carbonyl (C=O) groups excluding carboxylic acids is 2. The number of nitrogens with zero attached hydrogens (tertiary/aromatic N) is 2. The van der Waals surface area contributed by atoms with Crippen LogP contribution in [0.3, 0.4) is 0 Å². The van der Waals surface area contributed by atoms with Gasteiger partial charge in [-0.15, -0.1) is 0 Å². The molecule has 0 saturated heterocycles. The van der Waals surface area contributed by atoms with Crippen molar-refractivity contribution in [2.24, 2.45) is 0 Å². The standard InChI is InChI=1S/C18H14IN3O3/c19-15-4-1-2-5-16(15)21-17(23)12-25-18(24)13-6-8-14(9-7-13)22-11-3-10-20-22/h1-11H,12H2,(H,21,23). The van der Waals surface area contributed by atoms with E-state index in [1.807, 2.05) is 30.5 Å². The van der Waals surface area contributed by atoms with Crippen LogP contribution in [0.4, 0.5) is 5.69 Å². The molecule has 3 rings (SSSR count). The first-order valence-corrected chi connectivity index (χ1v) is 8.53. The number of anilines is 1. The molecule has 0 bridgehead atoms. The Bertz CT molecular complexity index is 877. The van der Waals surface area contributed by atoms with E-state index in [0.29, 0.717) is 11.3 Å². The molecule has 25 heavy (non-hydrogen) atoms. The van der Waals surface area contributed by atoms with Crippen molar-refractivity contribution >= 4 is 40.2 Å². The lowest BCUT2D eigenvalue weighted by Crippen LogP contribution is -2.21. The molecule has 0 aliphatic heterocycles. The Morgan fingerprint density at radius 1 is 1.08 bits per heavy atom. The molecule has 0 saturated carbocycles. The topological polar surface area (TPSA) is 73.2 Å². The summed E-state index contributed by atoms with van der Waals surface area (Å²) in [6, 6.07) is 16.0. The fourth-order valence-electron chi connectivity index (χ4n) is 2.14. The van der Waals surface area contributed by atoms with E-state index >= 15 is 0 Å². The Labute approximate surface area is 157 Å². The van der Waals surface area contributed by atoms with Crippen LogP contribution >= 0.6 is 22.6 Å². The highest BCUT2D eigenvalue weighted by Gasteiger charge is 2.11. The first kappa shape index (κ1) is 17.2. The fourth-order valence-corrected chi connectivity index (χ4v) is 2.66. The highest BCUT2D eigenvalue weighted by Crippen LogP contribution is 2.16. The van der Waals surface area contributed by atoms with Crippen molar-refractivity contribution in [1.29, 1.82) is 0 Å². The minimum atomic E-state index is -0.551. The Morgan fingerprint density at radius 2 is 1.84 bits per heavy atom. The van der Waals surface area contributed by atoms with E-state index in [1.165, 1.54) is 0 Å². The van der Waals surface area contributed by atoms with Crippen molar-refractivity contribution in [3.05, 3.63) is 76.1 Å². The summed E-state index contributed by atoms with van der Waals surface area (Å²) < 4.78 is 7.65. The number of ether oxygens (including phenoxy) is 1. The van der Waals surface area contributed by atoms with Crippen LogP contribution in [-0.4, -0.2) is 28.3 Å². The van der Waals surface area contributed by atoms with E-state index in [4.69, 9.17) is 4.74 Å². The van der Waals surface area contributed by atoms with Gasteiger partial charge in [-0.25, -0.2) is 9.48 Å². The maximum atomic E-state index is 12.0. The van der Waals surface area contributed by atoms with Crippen LogP contribution in [0, 0.1) is 3.57 Å². The predicted octanol–water partition coefficient (Wildman–Crippen LogP) is 3.27. The fraction of sp³-hybridized carbons (Fsp3) is 0.0556. The number of hydrogen-bond donors (Lipinski definition) is 1. The molecule has 1 heterocycles. The van der Waals surface area contributed by atoms with Crippen molar-refractivity contribution in [3.8, 4) is 5.69 Å². The van der Waals surface area contributed by atoms with Gasteiger partial charge in [0.15, 0.2) is 6.61 Å². The summed E-state index contributed by atoms with van der Waals surface area (Å²) in [6.45, 7) is -0.343. The Morgan fingerprint density at radius 3 is 2.52 bits per heavy atom. The van der Waals surface area contributed by atoms with E-state index in [9.17, 15) is 9.59 Å². The maximum absolute atomic E-state index is 12.0. The van der Waals surface area contributed by atoms with Crippen LogP contribution in [0.1, 0.15) is 10.4 Å². The molecule has 0 spiro atoms. The SMILES string of the molecule is O=C(COC(=O)c1ccc(-n2cccn2)cc1)Nc1ccccc1I. The van der Waals surface area contributed by atoms with Gasteiger partial charge in [-0.3, -0.25) is 4.79 Å². The van der Waals surface area contributed by atoms with Gasteiger partial charge in [-0.1, -0.05) is 12.1 Å². The summed E-state index contributed by atoms with van der Waals surface area (Å²) in [6.07, 6.45) is 3.48. The minimum Gasteiger partial charge on any atom is -0.452 e. The van der Waals surface area contributed by atoms with Crippen molar-refractivity contribution in [2.75, 3.05) is 11.9 Å². The summed E-state index contributed by atoms with van der Waals surface area (Å²) in [5, 5.41) is 6.82. The molecule has 0 unspecified atom stereocenters. The summed E-state index contributed by atoms with van der Waals surface area (Å²) in [5.41, 5.74) is 1.89. The average molecular weight is 447 g/mol. The molecule has 1 N–H and O–H groups in total. The van der Waals surface area contributed by atoms with Crippen LogP contribution in [0.25, 0.3) is 5.69 Å². The molecular weight excluding hydrogens is 433 g/mol. The molecule has 6 nitrogen and oxygen atoms in total. The van der Waals surface area contributed by atoms with Crippen LogP contribution in [-0.2, 0) is 9.53 Å². The monoisotopic (exact) mass is 447 g/mol. The van der Waals surface area contributed by atoms with Crippen molar-refractivity contribution in [1.82, 2.24) is 9.78 Å². The molecule has 2 aromatic carbocycles. The third-order valence-corrected chi connectivity index (χ3v) is 4.29. The molecule has 1 aromatic heterocycles. The van der Waals surface area contributed by atoms with Crippen LogP contribution in [0.5, 0.6) is 0 Å². The van der Waals surface area contributed by atoms with Crippen LogP contribution in [0.15, 0.2) is 67.0 Å². The molecule has 0 fully saturated rings. The number of amides is 1. The first-order valence-electron chi connectivity index (χ1n) is 7.45. The number of halogens is 1. The van der Waals surface area contributed by atoms with E-state index in [0.717, 1.165) is 9.26 Å². The zero-order valence-corrected chi connectivity index (χ0v) is 15.2. The van der Waals surface area contributed by atoms with Gasteiger partial charge in [0.2, 0.25) is 0 Å². The zero-order chi connectivity index (χ0) is 17.6. The second-order valence-corrected chi connectivity index (χ2v) is 6.26. The van der Waals surface area contributed by atoms with E-state index < -0.39 is 5.97 Å². The quantitative estimate of drug-likeness (QED) is 0.482. The normalized spacial score (nSPS) is 10.3. The second kappa shape index (κ2) is 7.93. The summed E-state index contributed by atoms with van der Waals surface area (Å²) in [5.74, 6) is -0.935. The number of para-hydroxylation sites is 1. The molecule has 0 aliphatic carbocycles. The minimum absolute atomic E-state index is 0.343. The molecule has 0 atom stereocenters. The molecule has 0 radical (unpaired) electrons. The average Bonchev–Trinajstić information content (AvgIpc) is 3.16. The molecule has 1 amide bonds. The number of hydrogen-bond acceptors (Lipinski definition) is 4. The highest BCUT2D eigenvalue weighted by atomic mass is 127. The third-order valence-electron chi connectivity index (χ3n) is 3.35. The van der Waals surface area contributed by atoms with Crippen LogP contribution in [0.2, 0.25) is 0 Å². The molecule has 3 aromatic rings. The third kappa shape index (κ3) is 4.44. The van der Waals surface area contributed by atoms with Gasteiger partial charge in [0, 0.05) is 16.0 Å². The Kier molecular flexibility index (Phi) is 5.44. The van der Waals surface area contributed by atoms with Gasteiger partial charge in [-0.05, 0) is 65.1 Å². The van der Waals surface area contributed by atoms with E-state index in [-0.39, 0.29) is 12.5 Å². The van der Waals surface area contributed by atoms with Gasteiger partial charge in [0.1, 0.15) is 0 Å². The largest absolute Gasteiger partial charge is 0.452 e. The predicted molar refractivity (Wildman–Crippen MR) is 102 cm³/mol. The van der Waals surface area contributed by atoms with Gasteiger partial charge < -0.3 is 10.1 Å². The highest BCUT2D eigenvalue weighted by molar-refractivity contribution is 14.1. The lowest BCUT2D eigenvalue weighted by atomic mass is 10.2. The van der Waals surface area contributed by atoms with Gasteiger partial charge in [-0.2, -0.15) is 5.10 Å².